The van der Waals surface area contributed by atoms with Crippen molar-refractivity contribution < 1.29 is 9.53 Å². The van der Waals surface area contributed by atoms with Crippen LogP contribution in [0.25, 0.3) is 11.3 Å². The first-order valence-corrected chi connectivity index (χ1v) is 8.13. The Hall–Kier alpha value is -3.92. The van der Waals surface area contributed by atoms with Gasteiger partial charge in [0, 0.05) is 24.4 Å². The molecule has 7 heteroatoms. The predicted octanol–water partition coefficient (Wildman–Crippen LogP) is 2.34. The Kier molecular flexibility index (Phi) is 5.28. The summed E-state index contributed by atoms with van der Waals surface area (Å²) < 4.78 is 6.66. The van der Waals surface area contributed by atoms with Gasteiger partial charge in [-0.2, -0.15) is 10.4 Å². The van der Waals surface area contributed by atoms with Crippen LogP contribution >= 0.6 is 0 Å². The molecule has 27 heavy (non-hydrogen) atoms. The molecule has 0 aliphatic heterocycles. The maximum Gasteiger partial charge on any atom is 0.266 e. The number of ether oxygens (including phenoxy) is 1. The number of nitriles is 1. The van der Waals surface area contributed by atoms with Crippen LogP contribution in [-0.2, 0) is 11.8 Å². The molecule has 1 heterocycles. The number of rotatable bonds is 5. The molecule has 1 amide bonds. The second kappa shape index (κ2) is 7.97. The third kappa shape index (κ3) is 4.58. The van der Waals surface area contributed by atoms with Gasteiger partial charge < -0.3 is 10.1 Å². The van der Waals surface area contributed by atoms with Crippen molar-refractivity contribution in [1.82, 2.24) is 9.78 Å². The molecule has 0 atom stereocenters. The van der Waals surface area contributed by atoms with Crippen molar-refractivity contribution >= 4 is 11.6 Å². The first-order chi connectivity index (χ1) is 13.0. The van der Waals surface area contributed by atoms with E-state index in [2.05, 4.69) is 10.4 Å². The monoisotopic (exact) mass is 360 g/mol. The highest BCUT2D eigenvalue weighted by Gasteiger charge is 2.06. The van der Waals surface area contributed by atoms with Crippen molar-refractivity contribution in [1.29, 1.82) is 5.26 Å². The normalized spacial score (nSPS) is 10.1. The average Bonchev–Trinajstić information content (AvgIpc) is 2.69. The number of aromatic nitrogens is 2. The maximum absolute atomic E-state index is 12.0. The lowest BCUT2D eigenvalue weighted by atomic mass is 10.1. The van der Waals surface area contributed by atoms with Crippen molar-refractivity contribution in [2.45, 2.75) is 0 Å². The van der Waals surface area contributed by atoms with E-state index < -0.39 is 0 Å². The fourth-order valence-electron chi connectivity index (χ4n) is 2.35. The van der Waals surface area contributed by atoms with Crippen molar-refractivity contribution in [3.63, 3.8) is 0 Å². The molecule has 1 N–H and O–H groups in total. The number of anilines is 1. The molecule has 0 unspecified atom stereocenters. The quantitative estimate of drug-likeness (QED) is 0.753. The number of carbonyl (C=O) groups is 1. The highest BCUT2D eigenvalue weighted by atomic mass is 16.5. The van der Waals surface area contributed by atoms with E-state index in [-0.39, 0.29) is 18.1 Å². The maximum atomic E-state index is 12.0. The molecule has 0 saturated carbocycles. The van der Waals surface area contributed by atoms with Crippen LogP contribution in [0.5, 0.6) is 5.75 Å². The molecule has 0 aliphatic rings. The second-order valence-corrected chi connectivity index (χ2v) is 5.73. The van der Waals surface area contributed by atoms with Gasteiger partial charge in [-0.25, -0.2) is 4.68 Å². The van der Waals surface area contributed by atoms with Gasteiger partial charge in [0.1, 0.15) is 5.75 Å². The molecular weight excluding hydrogens is 344 g/mol. The summed E-state index contributed by atoms with van der Waals surface area (Å²) in [5.74, 6) is 0.215. The largest absolute Gasteiger partial charge is 0.484 e. The zero-order valence-corrected chi connectivity index (χ0v) is 14.5. The third-order valence-corrected chi connectivity index (χ3v) is 3.78. The number of nitrogens with zero attached hydrogens (tertiary/aromatic N) is 3. The number of benzene rings is 2. The van der Waals surface area contributed by atoms with Crippen LogP contribution in [0.15, 0.2) is 65.5 Å². The summed E-state index contributed by atoms with van der Waals surface area (Å²) in [7, 11) is 1.59. The minimum absolute atomic E-state index is 0.143. The van der Waals surface area contributed by atoms with Gasteiger partial charge in [0.2, 0.25) is 0 Å². The van der Waals surface area contributed by atoms with Crippen molar-refractivity contribution in [2.75, 3.05) is 11.9 Å². The Bertz CT molecular complexity index is 1050. The summed E-state index contributed by atoms with van der Waals surface area (Å²) in [6, 6.07) is 18.8. The molecule has 1 aromatic heterocycles. The number of hydrogen-bond donors (Lipinski definition) is 1. The highest BCUT2D eigenvalue weighted by Crippen LogP contribution is 2.18. The summed E-state index contributed by atoms with van der Waals surface area (Å²) in [6.45, 7) is -0.143. The van der Waals surface area contributed by atoms with E-state index >= 15 is 0 Å². The van der Waals surface area contributed by atoms with Gasteiger partial charge in [-0.15, -0.1) is 0 Å². The molecule has 0 saturated heterocycles. The first kappa shape index (κ1) is 17.9. The van der Waals surface area contributed by atoms with Gasteiger partial charge in [0.05, 0.1) is 17.3 Å². The minimum Gasteiger partial charge on any atom is -0.484 e. The lowest BCUT2D eigenvalue weighted by Crippen LogP contribution is -2.20. The average molecular weight is 360 g/mol. The van der Waals surface area contributed by atoms with Crippen molar-refractivity contribution in [3.05, 3.63) is 76.6 Å². The van der Waals surface area contributed by atoms with Crippen LogP contribution in [0, 0.1) is 11.3 Å². The van der Waals surface area contributed by atoms with E-state index in [1.807, 2.05) is 18.2 Å². The standard InChI is InChI=1S/C20H16N4O3/c1-24-20(26)11-10-18(23-24)15-4-6-16(7-5-15)22-19(25)13-27-17-8-2-14(12-21)3-9-17/h2-11H,13H2,1H3,(H,22,25). The summed E-state index contributed by atoms with van der Waals surface area (Å²) in [4.78, 5) is 23.4. The van der Waals surface area contributed by atoms with Gasteiger partial charge in [0.15, 0.2) is 6.61 Å². The lowest BCUT2D eigenvalue weighted by molar-refractivity contribution is -0.118. The molecule has 7 nitrogen and oxygen atoms in total. The zero-order valence-electron chi connectivity index (χ0n) is 14.5. The Labute approximate surface area is 155 Å². The molecule has 0 spiro atoms. The molecule has 134 valence electrons. The topological polar surface area (TPSA) is 97.0 Å². The number of nitrogens with one attached hydrogen (secondary N) is 1. The number of amides is 1. The highest BCUT2D eigenvalue weighted by molar-refractivity contribution is 5.92. The van der Waals surface area contributed by atoms with E-state index in [0.29, 0.717) is 22.7 Å². The van der Waals surface area contributed by atoms with E-state index in [0.717, 1.165) is 5.56 Å². The molecular formula is C20H16N4O3. The summed E-state index contributed by atoms with van der Waals surface area (Å²) >= 11 is 0. The van der Waals surface area contributed by atoms with E-state index in [1.54, 1.807) is 49.5 Å². The summed E-state index contributed by atoms with van der Waals surface area (Å²) in [5.41, 5.74) is 2.47. The lowest BCUT2D eigenvalue weighted by Gasteiger charge is -2.08. The molecule has 2 aromatic carbocycles. The Morgan fingerprint density at radius 2 is 1.81 bits per heavy atom. The third-order valence-electron chi connectivity index (χ3n) is 3.78. The van der Waals surface area contributed by atoms with E-state index in [1.165, 1.54) is 10.7 Å². The molecule has 0 fully saturated rings. The Morgan fingerprint density at radius 1 is 1.11 bits per heavy atom. The van der Waals surface area contributed by atoms with Crippen LogP contribution in [0.1, 0.15) is 5.56 Å². The van der Waals surface area contributed by atoms with Gasteiger partial charge in [0.25, 0.3) is 11.5 Å². The fourth-order valence-corrected chi connectivity index (χ4v) is 2.35. The number of hydrogen-bond acceptors (Lipinski definition) is 5. The Balaban J connectivity index is 1.58. The molecule has 0 bridgehead atoms. The molecule has 0 aliphatic carbocycles. The van der Waals surface area contributed by atoms with Crippen LogP contribution in [0.3, 0.4) is 0 Å². The number of aryl methyl sites for hydroxylation is 1. The smallest absolute Gasteiger partial charge is 0.266 e. The minimum atomic E-state index is -0.299. The van der Waals surface area contributed by atoms with Gasteiger partial charge in [-0.05, 0) is 42.5 Å². The van der Waals surface area contributed by atoms with Crippen molar-refractivity contribution in [2.24, 2.45) is 7.05 Å². The zero-order chi connectivity index (χ0) is 19.2. The Morgan fingerprint density at radius 3 is 2.44 bits per heavy atom. The molecule has 3 rings (SSSR count). The fraction of sp³-hybridized carbons (Fsp3) is 0.100. The summed E-state index contributed by atoms with van der Waals surface area (Å²) in [5, 5.41) is 15.7. The first-order valence-electron chi connectivity index (χ1n) is 8.13. The van der Waals surface area contributed by atoms with Gasteiger partial charge >= 0.3 is 0 Å². The predicted molar refractivity (Wildman–Crippen MR) is 100 cm³/mol. The van der Waals surface area contributed by atoms with Gasteiger partial charge in [-0.3, -0.25) is 9.59 Å². The van der Waals surface area contributed by atoms with Gasteiger partial charge in [-0.1, -0.05) is 12.1 Å². The summed E-state index contributed by atoms with van der Waals surface area (Å²) in [6.07, 6.45) is 0. The number of carbonyl (C=O) groups excluding carboxylic acids is 1. The molecule has 0 radical (unpaired) electrons. The van der Waals surface area contributed by atoms with E-state index in [4.69, 9.17) is 10.00 Å². The van der Waals surface area contributed by atoms with Crippen molar-refractivity contribution in [3.8, 4) is 23.1 Å². The van der Waals surface area contributed by atoms with Crippen LogP contribution in [0.2, 0.25) is 0 Å². The van der Waals surface area contributed by atoms with Crippen LogP contribution in [0.4, 0.5) is 5.69 Å². The second-order valence-electron chi connectivity index (χ2n) is 5.73. The van der Waals surface area contributed by atoms with E-state index in [9.17, 15) is 9.59 Å². The van der Waals surface area contributed by atoms with Crippen LogP contribution < -0.4 is 15.6 Å². The SMILES string of the molecule is Cn1nc(-c2ccc(NC(=O)COc3ccc(C#N)cc3)cc2)ccc1=O. The molecule has 3 aromatic rings. The van der Waals surface area contributed by atoms with Crippen LogP contribution in [-0.4, -0.2) is 22.3 Å².